The highest BCUT2D eigenvalue weighted by atomic mass is 32.1. The molecule has 76 heavy (non-hydrogen) atoms. The van der Waals surface area contributed by atoms with Gasteiger partial charge in [0.25, 0.3) is 6.71 Å². The Balaban J connectivity index is 1.11. The van der Waals surface area contributed by atoms with Crippen molar-refractivity contribution in [3.05, 3.63) is 204 Å². The van der Waals surface area contributed by atoms with Gasteiger partial charge in [0.1, 0.15) is 0 Å². The summed E-state index contributed by atoms with van der Waals surface area (Å²) in [5, 5.41) is 13.3. The monoisotopic (exact) mass is 1000 g/mol. The van der Waals surface area contributed by atoms with Gasteiger partial charge in [0.05, 0.1) is 5.69 Å². The summed E-state index contributed by atoms with van der Waals surface area (Å²) in [6.07, 6.45) is 0. The third kappa shape index (κ3) is 7.81. The lowest BCUT2D eigenvalue weighted by Crippen LogP contribution is -2.59. The molecule has 1 aromatic heterocycles. The van der Waals surface area contributed by atoms with E-state index in [0.29, 0.717) is 0 Å². The van der Waals surface area contributed by atoms with Crippen molar-refractivity contribution in [2.75, 3.05) is 10.2 Å². The lowest BCUT2D eigenvalue weighted by Gasteiger charge is -2.40. The van der Waals surface area contributed by atoms with Crippen LogP contribution in [0, 0.1) is 0 Å². The Morgan fingerprint density at radius 2 is 0.961 bits per heavy atom. The van der Waals surface area contributed by atoms with Gasteiger partial charge in [-0.3, -0.25) is 0 Å². The molecule has 0 spiro atoms. The van der Waals surface area contributed by atoms with E-state index in [1.807, 2.05) is 11.3 Å². The second-order valence-electron chi connectivity index (χ2n) is 25.9. The third-order valence-corrected chi connectivity index (χ3v) is 17.9. The van der Waals surface area contributed by atoms with E-state index in [9.17, 15) is 0 Å². The van der Waals surface area contributed by atoms with Gasteiger partial charge in [0.2, 0.25) is 0 Å². The summed E-state index contributed by atoms with van der Waals surface area (Å²) >= 11 is 1.98. The number of anilines is 5. The van der Waals surface area contributed by atoms with Gasteiger partial charge < -0.3 is 10.2 Å². The zero-order valence-electron chi connectivity index (χ0n) is 46.3. The second-order valence-corrected chi connectivity index (χ2v) is 27.0. The van der Waals surface area contributed by atoms with E-state index in [-0.39, 0.29) is 28.4 Å². The molecule has 0 bridgehead atoms. The molecule has 0 saturated carbocycles. The predicted octanol–water partition coefficient (Wildman–Crippen LogP) is 18.9. The van der Waals surface area contributed by atoms with Crippen molar-refractivity contribution in [3.63, 3.8) is 0 Å². The van der Waals surface area contributed by atoms with Crippen molar-refractivity contribution in [3.8, 4) is 33.4 Å². The zero-order valence-corrected chi connectivity index (χ0v) is 47.1. The molecule has 0 atom stereocenters. The molecule has 13 rings (SSSR count). The van der Waals surface area contributed by atoms with Crippen LogP contribution in [0.2, 0.25) is 0 Å². The Morgan fingerprint density at radius 3 is 1.62 bits per heavy atom. The predicted molar refractivity (Wildman–Crippen MR) is 335 cm³/mol. The molecule has 0 radical (unpaired) electrons. The maximum atomic E-state index is 4.23. The fraction of sp³-hybridized carbons (Fsp3) is 0.222. The van der Waals surface area contributed by atoms with Crippen molar-refractivity contribution in [1.29, 1.82) is 0 Å². The lowest BCUT2D eigenvalue weighted by molar-refractivity contribution is 0.590. The topological polar surface area (TPSA) is 15.3 Å². The van der Waals surface area contributed by atoms with Crippen molar-refractivity contribution in [2.45, 2.75) is 105 Å². The summed E-state index contributed by atoms with van der Waals surface area (Å²) in [6, 6.07) is 70.3. The first-order valence-corrected chi connectivity index (χ1v) is 28.2. The van der Waals surface area contributed by atoms with E-state index in [2.05, 4.69) is 275 Å². The number of nitrogens with one attached hydrogen (secondary N) is 1. The smallest absolute Gasteiger partial charge is 0.264 e. The number of thiophene rings is 1. The summed E-state index contributed by atoms with van der Waals surface area (Å²) in [6.45, 7) is 27.9. The molecule has 374 valence electrons. The number of fused-ring (bicyclic) bond motifs is 12. The Kier molecular flexibility index (Phi) is 10.8. The minimum absolute atomic E-state index is 0.0132. The summed E-state index contributed by atoms with van der Waals surface area (Å²) in [4.78, 5) is 2.60. The van der Waals surface area contributed by atoms with E-state index >= 15 is 0 Å². The Morgan fingerprint density at radius 1 is 0.395 bits per heavy atom. The Bertz CT molecular complexity index is 4150. The number of hydrogen-bond acceptors (Lipinski definition) is 3. The molecule has 1 N–H and O–H groups in total. The van der Waals surface area contributed by atoms with Gasteiger partial charge in [-0.25, -0.2) is 0 Å². The number of rotatable bonds is 4. The van der Waals surface area contributed by atoms with Crippen LogP contribution in [0.3, 0.4) is 0 Å². The molecule has 2 nitrogen and oxygen atoms in total. The fourth-order valence-electron chi connectivity index (χ4n) is 12.4. The van der Waals surface area contributed by atoms with Crippen LogP contribution in [0.15, 0.2) is 182 Å². The minimum atomic E-state index is -0.0680. The van der Waals surface area contributed by atoms with Gasteiger partial charge in [0.15, 0.2) is 0 Å². The third-order valence-electron chi connectivity index (χ3n) is 16.7. The van der Waals surface area contributed by atoms with Gasteiger partial charge in [0, 0.05) is 43.2 Å². The summed E-state index contributed by atoms with van der Waals surface area (Å²) in [5.74, 6) is 0. The first-order chi connectivity index (χ1) is 36.2. The molecule has 0 saturated heterocycles. The summed E-state index contributed by atoms with van der Waals surface area (Å²) in [7, 11) is 0. The SMILES string of the molecule is CC(C)(C)c1ccc(-c2cc3c(c(-c4ccc(C(C)(C)C)cc4-c4ccc5c6ccccc6c6ccccc6c5c4)c2)Nc2cccc4c2B3c2sc3ccc(C(C)(C)C)cc3c2N4c2cccc(C(C)(C)C)c2)cc1. The van der Waals surface area contributed by atoms with Gasteiger partial charge in [-0.15, -0.1) is 11.3 Å². The quantitative estimate of drug-likeness (QED) is 0.140. The maximum Gasteiger partial charge on any atom is 0.264 e. The van der Waals surface area contributed by atoms with Crippen molar-refractivity contribution in [1.82, 2.24) is 0 Å². The molecule has 0 unspecified atom stereocenters. The van der Waals surface area contributed by atoms with Crippen LogP contribution >= 0.6 is 11.3 Å². The second kappa shape index (κ2) is 17.1. The van der Waals surface area contributed by atoms with Crippen LogP contribution in [0.1, 0.15) is 105 Å². The Hall–Kier alpha value is -7.40. The molecular weight excluding hydrogens is 936 g/mol. The molecule has 0 fully saturated rings. The van der Waals surface area contributed by atoms with E-state index in [1.165, 1.54) is 136 Å². The van der Waals surface area contributed by atoms with Crippen LogP contribution in [-0.4, -0.2) is 6.71 Å². The van der Waals surface area contributed by atoms with Gasteiger partial charge in [-0.2, -0.15) is 0 Å². The lowest BCUT2D eigenvalue weighted by atomic mass is 9.36. The first kappa shape index (κ1) is 48.3. The molecular formula is C72H67BN2S. The van der Waals surface area contributed by atoms with E-state index < -0.39 is 0 Å². The summed E-state index contributed by atoms with van der Waals surface area (Å²) < 4.78 is 2.70. The van der Waals surface area contributed by atoms with Crippen LogP contribution in [0.5, 0.6) is 0 Å². The van der Waals surface area contributed by atoms with Crippen molar-refractivity contribution in [2.24, 2.45) is 0 Å². The molecule has 0 amide bonds. The van der Waals surface area contributed by atoms with Crippen LogP contribution in [0.25, 0.3) is 75.8 Å². The van der Waals surface area contributed by atoms with E-state index in [1.54, 1.807) is 0 Å². The molecule has 3 heterocycles. The molecule has 2 aliphatic rings. The molecule has 0 aliphatic carbocycles. The first-order valence-electron chi connectivity index (χ1n) is 27.4. The van der Waals surface area contributed by atoms with Gasteiger partial charge in [-0.05, 0) is 170 Å². The number of hydrogen-bond donors (Lipinski definition) is 1. The van der Waals surface area contributed by atoms with E-state index in [0.717, 1.165) is 5.69 Å². The van der Waals surface area contributed by atoms with Gasteiger partial charge >= 0.3 is 0 Å². The maximum absolute atomic E-state index is 4.23. The van der Waals surface area contributed by atoms with Crippen LogP contribution < -0.4 is 25.9 Å². The van der Waals surface area contributed by atoms with Crippen molar-refractivity contribution < 1.29 is 0 Å². The summed E-state index contributed by atoms with van der Waals surface area (Å²) in [5.41, 5.74) is 21.3. The normalized spacial score (nSPS) is 13.6. The number of nitrogens with zero attached hydrogens (tertiary/aromatic N) is 1. The van der Waals surface area contributed by atoms with Gasteiger partial charge in [-0.1, -0.05) is 210 Å². The van der Waals surface area contributed by atoms with Crippen LogP contribution in [-0.2, 0) is 21.7 Å². The molecule has 4 heteroatoms. The average molecular weight is 1000 g/mol. The largest absolute Gasteiger partial charge is 0.356 e. The standard InChI is InChI=1S/C72H67BN2S/c1-69(2,3)46-30-27-43(28-31-46)45-38-59(56-35-32-48(71(7,8)9)41-57(56)44-29-34-55-53-23-14-13-21-51(53)52-22-15-16-24-54(52)58(55)37-44)66-61(39-45)73-65-62(74-66)25-18-26-63(65)75(50-20-17-19-47(40-50)70(4,5)6)67-60-42-49(72(10,11)12)33-36-64(60)76-68(67)73/h13-42,74H,1-12H3. The highest BCUT2D eigenvalue weighted by Gasteiger charge is 2.44. The highest BCUT2D eigenvalue weighted by Crippen LogP contribution is 2.50. The molecule has 11 aromatic rings. The fourth-order valence-corrected chi connectivity index (χ4v) is 13.7. The highest BCUT2D eigenvalue weighted by molar-refractivity contribution is 7.33. The van der Waals surface area contributed by atoms with E-state index in [4.69, 9.17) is 0 Å². The van der Waals surface area contributed by atoms with Crippen LogP contribution in [0.4, 0.5) is 28.4 Å². The molecule has 2 aliphatic heterocycles. The van der Waals surface area contributed by atoms with Crippen molar-refractivity contribution >= 4 is 105 Å². The number of benzene rings is 10. The molecule has 10 aromatic carbocycles. The zero-order chi connectivity index (χ0) is 52.8. The Labute approximate surface area is 454 Å². The minimum Gasteiger partial charge on any atom is -0.356 e. The average Bonchev–Trinajstić information content (AvgIpc) is 4.01.